The van der Waals surface area contributed by atoms with Crippen LogP contribution in [0.3, 0.4) is 0 Å². The van der Waals surface area contributed by atoms with E-state index < -0.39 is 5.91 Å². The smallest absolute Gasteiger partial charge is 0.295 e. The van der Waals surface area contributed by atoms with Crippen molar-refractivity contribution in [1.29, 1.82) is 0 Å². The average Bonchev–Trinajstić information content (AvgIpc) is 3.08. The molecule has 1 aromatic carbocycles. The number of aromatic nitrogens is 3. The van der Waals surface area contributed by atoms with Crippen LogP contribution in [0.2, 0.25) is 5.02 Å². The number of hydrogen-bond acceptors (Lipinski definition) is 4. The monoisotopic (exact) mass is 302 g/mol. The third kappa shape index (κ3) is 2.95. The quantitative estimate of drug-likeness (QED) is 0.807. The van der Waals surface area contributed by atoms with E-state index in [2.05, 4.69) is 15.6 Å². The Morgan fingerprint density at radius 1 is 1.33 bits per heavy atom. The second-order valence-corrected chi connectivity index (χ2v) is 4.85. The molecule has 0 atom stereocenters. The molecular formula is C14H11ClN4O2. The van der Waals surface area contributed by atoms with Gasteiger partial charge >= 0.3 is 0 Å². The van der Waals surface area contributed by atoms with Crippen LogP contribution in [0.25, 0.3) is 11.3 Å². The van der Waals surface area contributed by atoms with Crippen LogP contribution < -0.4 is 5.32 Å². The zero-order valence-electron chi connectivity index (χ0n) is 11.1. The lowest BCUT2D eigenvalue weighted by Crippen LogP contribution is -2.11. The molecule has 0 saturated heterocycles. The normalized spacial score (nSPS) is 10.6. The predicted molar refractivity (Wildman–Crippen MR) is 78.1 cm³/mol. The highest BCUT2D eigenvalue weighted by atomic mass is 35.5. The van der Waals surface area contributed by atoms with Gasteiger partial charge in [-0.15, -0.1) is 0 Å². The fourth-order valence-corrected chi connectivity index (χ4v) is 2.02. The molecule has 2 heterocycles. The fourth-order valence-electron chi connectivity index (χ4n) is 1.83. The highest BCUT2D eigenvalue weighted by molar-refractivity contribution is 6.30. The predicted octanol–water partition coefficient (Wildman–Crippen LogP) is 2.98. The Hall–Kier alpha value is -2.60. The molecule has 0 saturated carbocycles. The van der Waals surface area contributed by atoms with E-state index in [1.807, 2.05) is 6.07 Å². The average molecular weight is 303 g/mol. The van der Waals surface area contributed by atoms with E-state index in [9.17, 15) is 4.79 Å². The molecule has 6 nitrogen and oxygen atoms in total. The van der Waals surface area contributed by atoms with Gasteiger partial charge < -0.3 is 9.84 Å². The summed E-state index contributed by atoms with van der Waals surface area (Å²) in [7, 11) is 1.77. The van der Waals surface area contributed by atoms with Crippen molar-refractivity contribution in [3.05, 3.63) is 53.4 Å². The molecule has 0 unspecified atom stereocenters. The van der Waals surface area contributed by atoms with E-state index in [0.717, 1.165) is 5.56 Å². The van der Waals surface area contributed by atoms with E-state index in [1.165, 1.54) is 0 Å². The van der Waals surface area contributed by atoms with Crippen LogP contribution >= 0.6 is 11.6 Å². The fraction of sp³-hybridized carbons (Fsp3) is 0.0714. The van der Waals surface area contributed by atoms with Crippen molar-refractivity contribution >= 4 is 23.3 Å². The maximum absolute atomic E-state index is 12.0. The summed E-state index contributed by atoms with van der Waals surface area (Å²) in [6, 6.07) is 10.4. The third-order valence-electron chi connectivity index (χ3n) is 2.81. The number of anilines is 1. The lowest BCUT2D eigenvalue weighted by Gasteiger charge is -1.96. The first-order valence-electron chi connectivity index (χ1n) is 6.15. The molecule has 0 bridgehead atoms. The van der Waals surface area contributed by atoms with Gasteiger partial charge in [0.2, 0.25) is 5.76 Å². The summed E-state index contributed by atoms with van der Waals surface area (Å²) < 4.78 is 6.65. The molecule has 2 aromatic heterocycles. The number of amides is 1. The van der Waals surface area contributed by atoms with Gasteiger partial charge in [0.1, 0.15) is 5.69 Å². The summed E-state index contributed by atoms with van der Waals surface area (Å²) in [5.41, 5.74) is 1.33. The zero-order valence-corrected chi connectivity index (χ0v) is 11.8. The van der Waals surface area contributed by atoms with Crippen LogP contribution in [0.5, 0.6) is 0 Å². The molecule has 3 rings (SSSR count). The lowest BCUT2D eigenvalue weighted by molar-refractivity contribution is 0.0987. The van der Waals surface area contributed by atoms with Gasteiger partial charge in [0.25, 0.3) is 5.91 Å². The molecule has 21 heavy (non-hydrogen) atoms. The van der Waals surface area contributed by atoms with Crippen molar-refractivity contribution < 1.29 is 9.32 Å². The van der Waals surface area contributed by atoms with Crippen molar-refractivity contribution in [2.24, 2.45) is 7.05 Å². The molecule has 1 N–H and O–H groups in total. The summed E-state index contributed by atoms with van der Waals surface area (Å²) in [5.74, 6) is 0.147. The zero-order chi connectivity index (χ0) is 14.8. The molecule has 0 spiro atoms. The Kier molecular flexibility index (Phi) is 3.45. The van der Waals surface area contributed by atoms with Gasteiger partial charge in [0, 0.05) is 36.0 Å². The molecule has 1 amide bonds. The molecule has 0 radical (unpaired) electrons. The molecule has 7 heteroatoms. The van der Waals surface area contributed by atoms with Gasteiger partial charge in [-0.2, -0.15) is 5.10 Å². The molecule has 0 aliphatic heterocycles. The minimum Gasteiger partial charge on any atom is -0.350 e. The molecule has 3 aromatic rings. The Balaban J connectivity index is 1.80. The van der Waals surface area contributed by atoms with Gasteiger partial charge in [-0.3, -0.25) is 9.48 Å². The van der Waals surface area contributed by atoms with Crippen LogP contribution in [0.1, 0.15) is 10.6 Å². The van der Waals surface area contributed by atoms with E-state index in [1.54, 1.807) is 48.3 Å². The number of aryl methyl sites for hydroxylation is 1. The van der Waals surface area contributed by atoms with Gasteiger partial charge in [-0.25, -0.2) is 0 Å². The molecule has 0 aliphatic rings. The Morgan fingerprint density at radius 3 is 2.90 bits per heavy atom. The summed E-state index contributed by atoms with van der Waals surface area (Å²) in [6.45, 7) is 0. The van der Waals surface area contributed by atoms with E-state index in [-0.39, 0.29) is 5.76 Å². The van der Waals surface area contributed by atoms with Gasteiger partial charge in [0.05, 0.1) is 0 Å². The van der Waals surface area contributed by atoms with Gasteiger partial charge in [-0.05, 0) is 12.1 Å². The second kappa shape index (κ2) is 5.41. The number of hydrogen-bond donors (Lipinski definition) is 1. The number of carbonyl (C=O) groups excluding carboxylic acids is 1. The highest BCUT2D eigenvalue weighted by Gasteiger charge is 2.15. The van der Waals surface area contributed by atoms with Crippen molar-refractivity contribution in [1.82, 2.24) is 14.9 Å². The van der Waals surface area contributed by atoms with Crippen molar-refractivity contribution in [3.63, 3.8) is 0 Å². The number of nitrogens with one attached hydrogen (secondary N) is 1. The topological polar surface area (TPSA) is 73.0 Å². The highest BCUT2D eigenvalue weighted by Crippen LogP contribution is 2.22. The lowest BCUT2D eigenvalue weighted by atomic mass is 10.1. The minimum atomic E-state index is -0.408. The van der Waals surface area contributed by atoms with Gasteiger partial charge in [-0.1, -0.05) is 28.9 Å². The molecule has 0 fully saturated rings. The van der Waals surface area contributed by atoms with Crippen LogP contribution in [0.4, 0.5) is 5.82 Å². The summed E-state index contributed by atoms with van der Waals surface area (Å²) in [5, 5.41) is 11.2. The van der Waals surface area contributed by atoms with Gasteiger partial charge in [0.15, 0.2) is 5.82 Å². The van der Waals surface area contributed by atoms with Crippen LogP contribution in [-0.4, -0.2) is 20.8 Å². The number of carbonyl (C=O) groups is 1. The Morgan fingerprint density at radius 2 is 2.19 bits per heavy atom. The maximum Gasteiger partial charge on any atom is 0.295 e. The first kappa shape index (κ1) is 13.4. The summed E-state index contributed by atoms with van der Waals surface area (Å²) in [4.78, 5) is 12.0. The van der Waals surface area contributed by atoms with E-state index in [4.69, 9.17) is 16.1 Å². The number of rotatable bonds is 3. The molecular weight excluding hydrogens is 292 g/mol. The second-order valence-electron chi connectivity index (χ2n) is 4.42. The third-order valence-corrected chi connectivity index (χ3v) is 3.04. The largest absolute Gasteiger partial charge is 0.350 e. The maximum atomic E-state index is 12.0. The standard InChI is InChI=1S/C14H11ClN4O2/c1-19-6-5-13(17-19)16-14(20)12-8-11(18-21-12)9-3-2-4-10(15)7-9/h2-8H,1H3,(H,16,17,20). The first-order chi connectivity index (χ1) is 10.1. The van der Waals surface area contributed by atoms with Crippen molar-refractivity contribution in [2.75, 3.05) is 5.32 Å². The van der Waals surface area contributed by atoms with Crippen LogP contribution in [0.15, 0.2) is 47.1 Å². The van der Waals surface area contributed by atoms with Crippen molar-refractivity contribution in [2.45, 2.75) is 0 Å². The summed E-state index contributed by atoms with van der Waals surface area (Å²) in [6.07, 6.45) is 1.73. The number of benzene rings is 1. The molecule has 0 aliphatic carbocycles. The SMILES string of the molecule is Cn1ccc(NC(=O)c2cc(-c3cccc(Cl)c3)no2)n1. The minimum absolute atomic E-state index is 0.107. The Bertz CT molecular complexity index is 794. The summed E-state index contributed by atoms with van der Waals surface area (Å²) >= 11 is 5.93. The molecule has 106 valence electrons. The van der Waals surface area contributed by atoms with Crippen molar-refractivity contribution in [3.8, 4) is 11.3 Å². The first-order valence-corrected chi connectivity index (χ1v) is 6.53. The number of halogens is 1. The van der Waals surface area contributed by atoms with E-state index >= 15 is 0 Å². The van der Waals surface area contributed by atoms with E-state index in [0.29, 0.717) is 16.5 Å². The number of nitrogens with zero attached hydrogens (tertiary/aromatic N) is 3. The van der Waals surface area contributed by atoms with Crippen LogP contribution in [0, 0.1) is 0 Å². The Labute approximate surface area is 125 Å². The van der Waals surface area contributed by atoms with Crippen LogP contribution in [-0.2, 0) is 7.05 Å².